The topological polar surface area (TPSA) is 20.2 Å². The Balaban J connectivity index is 2.57. The summed E-state index contributed by atoms with van der Waals surface area (Å²) < 4.78 is 0. The van der Waals surface area contributed by atoms with E-state index in [2.05, 4.69) is 52.0 Å². The van der Waals surface area contributed by atoms with Crippen LogP contribution in [0.15, 0.2) is 24.3 Å². The Bertz CT molecular complexity index is 335. The van der Waals surface area contributed by atoms with E-state index in [0.717, 1.165) is 5.75 Å². The van der Waals surface area contributed by atoms with Crippen LogP contribution in [0.4, 0.5) is 0 Å². The van der Waals surface area contributed by atoms with Crippen molar-refractivity contribution in [3.63, 3.8) is 0 Å². The molecular weight excluding hydrogens is 228 g/mol. The summed E-state index contributed by atoms with van der Waals surface area (Å²) in [5.74, 6) is 0.969. The summed E-state index contributed by atoms with van der Waals surface area (Å²) >= 11 is 1.80. The lowest BCUT2D eigenvalue weighted by Crippen LogP contribution is -2.15. The second-order valence-corrected chi connectivity index (χ2v) is 7.07. The van der Waals surface area contributed by atoms with Gasteiger partial charge < -0.3 is 5.11 Å². The van der Waals surface area contributed by atoms with Crippen molar-refractivity contribution in [1.82, 2.24) is 0 Å². The van der Waals surface area contributed by atoms with Gasteiger partial charge in [0.2, 0.25) is 0 Å². The number of benzene rings is 1. The molecule has 0 radical (unpaired) electrons. The second-order valence-electron chi connectivity index (χ2n) is 5.70. The van der Waals surface area contributed by atoms with Gasteiger partial charge in [-0.15, -0.1) is 0 Å². The van der Waals surface area contributed by atoms with Crippen LogP contribution >= 0.6 is 11.8 Å². The first-order valence-corrected chi connectivity index (χ1v) is 7.24. The molecule has 1 N–H and O–H groups in total. The Hall–Kier alpha value is -0.470. The van der Waals surface area contributed by atoms with Gasteiger partial charge in [0.25, 0.3) is 0 Å². The standard InChI is InChI=1S/C15H24OS/c1-11(16)12(2)17-10-13-6-8-14(9-7-13)15(3,4)5/h6-9,11-12,16H,10H2,1-5H3. The molecule has 0 spiro atoms. The zero-order valence-corrected chi connectivity index (χ0v) is 12.3. The van der Waals surface area contributed by atoms with Crippen molar-refractivity contribution in [2.45, 2.75) is 57.1 Å². The molecule has 0 aliphatic rings. The van der Waals surface area contributed by atoms with E-state index in [1.807, 2.05) is 6.92 Å². The van der Waals surface area contributed by atoms with Gasteiger partial charge >= 0.3 is 0 Å². The minimum atomic E-state index is -0.242. The highest BCUT2D eigenvalue weighted by Gasteiger charge is 2.13. The molecule has 0 bridgehead atoms. The highest BCUT2D eigenvalue weighted by Crippen LogP contribution is 2.24. The Kier molecular flexibility index (Phi) is 5.08. The molecule has 2 atom stereocenters. The third-order valence-electron chi connectivity index (χ3n) is 3.01. The lowest BCUT2D eigenvalue weighted by Gasteiger charge is -2.19. The zero-order valence-electron chi connectivity index (χ0n) is 11.5. The van der Waals surface area contributed by atoms with E-state index in [1.54, 1.807) is 11.8 Å². The SMILES string of the molecule is CC(O)C(C)SCc1ccc(C(C)(C)C)cc1. The molecule has 0 saturated heterocycles. The third kappa shape index (κ3) is 4.72. The van der Waals surface area contributed by atoms with Crippen molar-refractivity contribution in [3.8, 4) is 0 Å². The van der Waals surface area contributed by atoms with Crippen molar-refractivity contribution in [2.24, 2.45) is 0 Å². The maximum Gasteiger partial charge on any atom is 0.0628 e. The van der Waals surface area contributed by atoms with Gasteiger partial charge in [0.1, 0.15) is 0 Å². The average Bonchev–Trinajstić information content (AvgIpc) is 2.25. The van der Waals surface area contributed by atoms with Gasteiger partial charge in [-0.05, 0) is 23.5 Å². The Morgan fingerprint density at radius 1 is 1.12 bits per heavy atom. The quantitative estimate of drug-likeness (QED) is 0.874. The molecule has 0 aliphatic carbocycles. The van der Waals surface area contributed by atoms with Crippen LogP contribution in [0.1, 0.15) is 45.7 Å². The normalized spacial score (nSPS) is 15.6. The molecule has 2 unspecified atom stereocenters. The van der Waals surface area contributed by atoms with Gasteiger partial charge in [-0.1, -0.05) is 52.0 Å². The smallest absolute Gasteiger partial charge is 0.0628 e. The summed E-state index contributed by atoms with van der Waals surface area (Å²) in [5, 5.41) is 9.72. The van der Waals surface area contributed by atoms with E-state index in [0.29, 0.717) is 0 Å². The summed E-state index contributed by atoms with van der Waals surface area (Å²) in [5.41, 5.74) is 2.92. The first-order chi connectivity index (χ1) is 7.80. The summed E-state index contributed by atoms with van der Waals surface area (Å²) in [4.78, 5) is 0. The van der Waals surface area contributed by atoms with Gasteiger partial charge in [0, 0.05) is 11.0 Å². The summed E-state index contributed by atoms with van der Waals surface area (Å²) in [6, 6.07) is 8.82. The Morgan fingerprint density at radius 3 is 2.06 bits per heavy atom. The maximum absolute atomic E-state index is 9.43. The largest absolute Gasteiger partial charge is 0.392 e. The Morgan fingerprint density at radius 2 is 1.65 bits per heavy atom. The molecule has 0 fully saturated rings. The number of aliphatic hydroxyl groups excluding tert-OH is 1. The van der Waals surface area contributed by atoms with Gasteiger partial charge in [-0.2, -0.15) is 11.8 Å². The second kappa shape index (κ2) is 5.92. The van der Waals surface area contributed by atoms with Crippen molar-refractivity contribution in [1.29, 1.82) is 0 Å². The number of aliphatic hydroxyl groups is 1. The molecule has 1 nitrogen and oxygen atoms in total. The molecule has 0 saturated carbocycles. The monoisotopic (exact) mass is 252 g/mol. The van der Waals surface area contributed by atoms with E-state index >= 15 is 0 Å². The van der Waals surface area contributed by atoms with E-state index in [-0.39, 0.29) is 16.8 Å². The highest BCUT2D eigenvalue weighted by atomic mass is 32.2. The van der Waals surface area contributed by atoms with Crippen LogP contribution in [0, 0.1) is 0 Å². The minimum absolute atomic E-state index is 0.221. The molecular formula is C15H24OS. The van der Waals surface area contributed by atoms with E-state index < -0.39 is 0 Å². The maximum atomic E-state index is 9.43. The van der Waals surface area contributed by atoms with Crippen LogP contribution < -0.4 is 0 Å². The number of hydrogen-bond acceptors (Lipinski definition) is 2. The van der Waals surface area contributed by atoms with Gasteiger partial charge in [-0.3, -0.25) is 0 Å². The lowest BCUT2D eigenvalue weighted by atomic mass is 9.87. The van der Waals surface area contributed by atoms with Gasteiger partial charge in [0.15, 0.2) is 0 Å². The van der Waals surface area contributed by atoms with Crippen LogP contribution in [0.3, 0.4) is 0 Å². The van der Waals surface area contributed by atoms with Crippen molar-refractivity contribution in [2.75, 3.05) is 0 Å². The van der Waals surface area contributed by atoms with Crippen molar-refractivity contribution >= 4 is 11.8 Å². The van der Waals surface area contributed by atoms with E-state index in [1.165, 1.54) is 11.1 Å². The predicted molar refractivity (Wildman–Crippen MR) is 77.6 cm³/mol. The molecule has 17 heavy (non-hydrogen) atoms. The first kappa shape index (κ1) is 14.6. The van der Waals surface area contributed by atoms with Gasteiger partial charge in [-0.25, -0.2) is 0 Å². The molecule has 0 amide bonds. The summed E-state index contributed by atoms with van der Waals surface area (Å²) in [7, 11) is 0. The van der Waals surface area contributed by atoms with E-state index in [4.69, 9.17) is 0 Å². The highest BCUT2D eigenvalue weighted by molar-refractivity contribution is 7.99. The van der Waals surface area contributed by atoms with Crippen LogP contribution in [0.5, 0.6) is 0 Å². The lowest BCUT2D eigenvalue weighted by molar-refractivity contribution is 0.196. The molecule has 0 aliphatic heterocycles. The fourth-order valence-electron chi connectivity index (χ4n) is 1.47. The van der Waals surface area contributed by atoms with Crippen LogP contribution in [0.2, 0.25) is 0 Å². The number of thioether (sulfide) groups is 1. The molecule has 0 heterocycles. The third-order valence-corrected chi connectivity index (χ3v) is 4.43. The average molecular weight is 252 g/mol. The molecule has 0 aromatic heterocycles. The van der Waals surface area contributed by atoms with Crippen molar-refractivity contribution < 1.29 is 5.11 Å². The number of hydrogen-bond donors (Lipinski definition) is 1. The molecule has 1 aromatic rings. The van der Waals surface area contributed by atoms with Crippen LogP contribution in [0.25, 0.3) is 0 Å². The fraction of sp³-hybridized carbons (Fsp3) is 0.600. The molecule has 2 heteroatoms. The summed E-state index contributed by atoms with van der Waals surface area (Å²) in [6.07, 6.45) is -0.242. The molecule has 1 rings (SSSR count). The zero-order chi connectivity index (χ0) is 13.1. The minimum Gasteiger partial charge on any atom is -0.392 e. The van der Waals surface area contributed by atoms with E-state index in [9.17, 15) is 5.11 Å². The predicted octanol–water partition coefficient (Wildman–Crippen LogP) is 3.99. The van der Waals surface area contributed by atoms with Crippen LogP contribution in [-0.2, 0) is 11.2 Å². The molecule has 96 valence electrons. The first-order valence-electron chi connectivity index (χ1n) is 6.20. The summed E-state index contributed by atoms with van der Waals surface area (Å²) in [6.45, 7) is 10.6. The number of rotatable bonds is 4. The van der Waals surface area contributed by atoms with Crippen molar-refractivity contribution in [3.05, 3.63) is 35.4 Å². The Labute approximate surface area is 110 Å². The molecule has 1 aromatic carbocycles. The van der Waals surface area contributed by atoms with Gasteiger partial charge in [0.05, 0.1) is 6.10 Å². The van der Waals surface area contributed by atoms with Crippen LogP contribution in [-0.4, -0.2) is 16.5 Å². The fourth-order valence-corrected chi connectivity index (χ4v) is 2.39.